The number of hydrogen-bond donors (Lipinski definition) is 1. The van der Waals surface area contributed by atoms with Crippen LogP contribution in [0, 0.1) is 0 Å². The van der Waals surface area contributed by atoms with E-state index in [1.165, 1.54) is 16.6 Å². The summed E-state index contributed by atoms with van der Waals surface area (Å²) in [4.78, 5) is 4.14. The molecule has 20 heavy (non-hydrogen) atoms. The lowest BCUT2D eigenvalue weighted by atomic mass is 10.2. The van der Waals surface area contributed by atoms with Crippen molar-refractivity contribution in [2.45, 2.75) is 24.3 Å². The lowest BCUT2D eigenvalue weighted by molar-refractivity contribution is 0.0314. The van der Waals surface area contributed by atoms with Gasteiger partial charge in [-0.3, -0.25) is 0 Å². The second-order valence-corrected chi connectivity index (χ2v) is 6.80. The predicted octanol–water partition coefficient (Wildman–Crippen LogP) is 1.58. The highest BCUT2D eigenvalue weighted by molar-refractivity contribution is 7.89. The summed E-state index contributed by atoms with van der Waals surface area (Å²) in [6.07, 6.45) is 2.03. The summed E-state index contributed by atoms with van der Waals surface area (Å²) < 4.78 is 32.1. The Morgan fingerprint density at radius 3 is 2.95 bits per heavy atom. The molecular formula is C12H18ClN3O3S. The molecule has 1 aromatic heterocycles. The molecule has 2 heterocycles. The molecular weight excluding hydrogens is 302 g/mol. The van der Waals surface area contributed by atoms with Crippen LogP contribution in [-0.2, 0) is 14.8 Å². The number of nitrogens with one attached hydrogen (secondary N) is 1. The molecule has 1 saturated heterocycles. The number of hydrogen-bond acceptors (Lipinski definition) is 5. The molecule has 0 amide bonds. The molecule has 0 spiro atoms. The first-order valence-corrected chi connectivity index (χ1v) is 8.25. The van der Waals surface area contributed by atoms with Crippen LogP contribution >= 0.6 is 11.6 Å². The van der Waals surface area contributed by atoms with Crippen molar-refractivity contribution in [1.29, 1.82) is 0 Å². The number of ether oxygens (including phenoxy) is 1. The second-order valence-electron chi connectivity index (χ2n) is 4.50. The lowest BCUT2D eigenvalue weighted by Gasteiger charge is -2.33. The summed E-state index contributed by atoms with van der Waals surface area (Å²) >= 11 is 6.01. The standard InChI is InChI=1S/C12H18ClN3O3S/c1-3-9-8-19-5-4-16(9)20(17,18)10-6-11(13)12(14-2)15-7-10/h6-7,9H,3-5,8H2,1-2H3,(H,14,15). The van der Waals surface area contributed by atoms with Gasteiger partial charge in [0, 0.05) is 25.8 Å². The number of morpholine rings is 1. The highest BCUT2D eigenvalue weighted by Crippen LogP contribution is 2.26. The third kappa shape index (κ3) is 2.90. The van der Waals surface area contributed by atoms with Crippen molar-refractivity contribution in [3.63, 3.8) is 0 Å². The Morgan fingerprint density at radius 1 is 1.60 bits per heavy atom. The van der Waals surface area contributed by atoms with Gasteiger partial charge in [0.15, 0.2) is 0 Å². The van der Waals surface area contributed by atoms with Crippen LogP contribution in [0.15, 0.2) is 17.2 Å². The minimum Gasteiger partial charge on any atom is -0.378 e. The minimum absolute atomic E-state index is 0.113. The van der Waals surface area contributed by atoms with E-state index < -0.39 is 10.0 Å². The van der Waals surface area contributed by atoms with Gasteiger partial charge >= 0.3 is 0 Å². The summed E-state index contributed by atoms with van der Waals surface area (Å²) in [5, 5.41) is 3.09. The molecule has 1 N–H and O–H groups in total. The third-order valence-corrected chi connectivity index (χ3v) is 5.51. The van der Waals surface area contributed by atoms with Gasteiger partial charge in [0.25, 0.3) is 0 Å². The van der Waals surface area contributed by atoms with Gasteiger partial charge in [0.05, 0.1) is 18.2 Å². The molecule has 1 unspecified atom stereocenters. The van der Waals surface area contributed by atoms with Crippen molar-refractivity contribution in [3.8, 4) is 0 Å². The van der Waals surface area contributed by atoms with Crippen LogP contribution in [0.4, 0.5) is 5.82 Å². The Labute approximate surface area is 124 Å². The van der Waals surface area contributed by atoms with Crippen LogP contribution < -0.4 is 5.32 Å². The maximum absolute atomic E-state index is 12.7. The molecule has 112 valence electrons. The van der Waals surface area contributed by atoms with Crippen LogP contribution in [0.1, 0.15) is 13.3 Å². The number of pyridine rings is 1. The first-order chi connectivity index (χ1) is 9.50. The molecule has 0 aliphatic carbocycles. The number of nitrogens with zero attached hydrogens (tertiary/aromatic N) is 2. The van der Waals surface area contributed by atoms with E-state index in [2.05, 4.69) is 10.3 Å². The van der Waals surface area contributed by atoms with E-state index in [4.69, 9.17) is 16.3 Å². The van der Waals surface area contributed by atoms with Gasteiger partial charge in [0.1, 0.15) is 10.7 Å². The van der Waals surface area contributed by atoms with Crippen molar-refractivity contribution in [3.05, 3.63) is 17.3 Å². The lowest BCUT2D eigenvalue weighted by Crippen LogP contribution is -2.48. The van der Waals surface area contributed by atoms with Crippen LogP contribution in [0.3, 0.4) is 0 Å². The van der Waals surface area contributed by atoms with E-state index in [1.54, 1.807) is 7.05 Å². The number of anilines is 1. The molecule has 8 heteroatoms. The zero-order valence-electron chi connectivity index (χ0n) is 11.5. The van der Waals surface area contributed by atoms with Crippen molar-refractivity contribution in [1.82, 2.24) is 9.29 Å². The molecule has 0 bridgehead atoms. The number of halogens is 1. The van der Waals surface area contributed by atoms with Gasteiger partial charge in [-0.15, -0.1) is 0 Å². The maximum Gasteiger partial charge on any atom is 0.245 e. The minimum atomic E-state index is -3.59. The SMILES string of the molecule is CCC1COCCN1S(=O)(=O)c1cnc(NC)c(Cl)c1. The fourth-order valence-electron chi connectivity index (χ4n) is 2.16. The molecule has 0 saturated carbocycles. The summed E-state index contributed by atoms with van der Waals surface area (Å²) in [6, 6.07) is 1.29. The Balaban J connectivity index is 2.36. The van der Waals surface area contributed by atoms with E-state index in [9.17, 15) is 8.42 Å². The first kappa shape index (κ1) is 15.5. The van der Waals surface area contributed by atoms with E-state index in [-0.39, 0.29) is 16.0 Å². The van der Waals surface area contributed by atoms with Crippen molar-refractivity contribution in [2.75, 3.05) is 32.1 Å². The normalized spacial score (nSPS) is 20.9. The molecule has 1 aliphatic rings. The molecule has 6 nitrogen and oxygen atoms in total. The summed E-state index contributed by atoms with van der Waals surface area (Å²) in [6.45, 7) is 3.13. The maximum atomic E-state index is 12.7. The average Bonchev–Trinajstić information content (AvgIpc) is 2.47. The third-order valence-electron chi connectivity index (χ3n) is 3.30. The molecule has 0 aromatic carbocycles. The van der Waals surface area contributed by atoms with E-state index in [1.807, 2.05) is 6.92 Å². The zero-order valence-corrected chi connectivity index (χ0v) is 13.0. The number of rotatable bonds is 4. The monoisotopic (exact) mass is 319 g/mol. The van der Waals surface area contributed by atoms with Crippen LogP contribution in [0.25, 0.3) is 0 Å². The van der Waals surface area contributed by atoms with E-state index >= 15 is 0 Å². The van der Waals surface area contributed by atoms with Gasteiger partial charge in [-0.05, 0) is 12.5 Å². The first-order valence-electron chi connectivity index (χ1n) is 6.43. The fraction of sp³-hybridized carbons (Fsp3) is 0.583. The smallest absolute Gasteiger partial charge is 0.245 e. The Bertz CT molecular complexity index is 579. The largest absolute Gasteiger partial charge is 0.378 e. The van der Waals surface area contributed by atoms with E-state index in [0.29, 0.717) is 32.0 Å². The van der Waals surface area contributed by atoms with E-state index in [0.717, 1.165) is 0 Å². The molecule has 0 radical (unpaired) electrons. The van der Waals surface area contributed by atoms with Gasteiger partial charge in [0.2, 0.25) is 10.0 Å². The van der Waals surface area contributed by atoms with Crippen molar-refractivity contribution >= 4 is 27.4 Å². The molecule has 1 fully saturated rings. The predicted molar refractivity (Wildman–Crippen MR) is 77.6 cm³/mol. The Hall–Kier alpha value is -0.890. The van der Waals surface area contributed by atoms with Crippen LogP contribution in [-0.4, -0.2) is 50.6 Å². The zero-order chi connectivity index (χ0) is 14.8. The number of sulfonamides is 1. The Morgan fingerprint density at radius 2 is 2.35 bits per heavy atom. The summed E-state index contributed by atoms with van der Waals surface area (Å²) in [5.41, 5.74) is 0. The molecule has 2 rings (SSSR count). The van der Waals surface area contributed by atoms with Gasteiger partial charge in [-0.1, -0.05) is 18.5 Å². The van der Waals surface area contributed by atoms with Gasteiger partial charge in [-0.25, -0.2) is 13.4 Å². The fourth-order valence-corrected chi connectivity index (χ4v) is 4.12. The second kappa shape index (κ2) is 6.26. The summed E-state index contributed by atoms with van der Waals surface area (Å²) in [5.74, 6) is 0.458. The highest BCUT2D eigenvalue weighted by atomic mass is 35.5. The van der Waals surface area contributed by atoms with Gasteiger partial charge in [-0.2, -0.15) is 4.31 Å². The average molecular weight is 320 g/mol. The Kier molecular flexibility index (Phi) is 4.85. The quantitative estimate of drug-likeness (QED) is 0.912. The molecule has 1 atom stereocenters. The number of aromatic nitrogens is 1. The highest BCUT2D eigenvalue weighted by Gasteiger charge is 2.33. The molecule has 1 aromatic rings. The van der Waals surface area contributed by atoms with Crippen LogP contribution in [0.2, 0.25) is 5.02 Å². The van der Waals surface area contributed by atoms with Crippen LogP contribution in [0.5, 0.6) is 0 Å². The van der Waals surface area contributed by atoms with Crippen molar-refractivity contribution < 1.29 is 13.2 Å². The van der Waals surface area contributed by atoms with Crippen molar-refractivity contribution in [2.24, 2.45) is 0 Å². The topological polar surface area (TPSA) is 71.5 Å². The molecule has 1 aliphatic heterocycles. The van der Waals surface area contributed by atoms with Gasteiger partial charge < -0.3 is 10.1 Å². The summed E-state index contributed by atoms with van der Waals surface area (Å²) in [7, 11) is -1.91.